The number of carbonyl (C=O) groups excluding carboxylic acids is 1. The number of hydrogen-bond acceptors (Lipinski definition) is 3. The Hall–Kier alpha value is -4.45. The van der Waals surface area contributed by atoms with Crippen LogP contribution < -0.4 is 10.1 Å². The summed E-state index contributed by atoms with van der Waals surface area (Å²) >= 11 is 0. The van der Waals surface area contributed by atoms with Gasteiger partial charge in [0, 0.05) is 29.2 Å². The molecule has 0 unspecified atom stereocenters. The average molecular weight is 423 g/mol. The predicted octanol–water partition coefficient (Wildman–Crippen LogP) is 6.19. The van der Waals surface area contributed by atoms with Crippen LogP contribution in [0.15, 0.2) is 103 Å². The SMILES string of the molecule is O=C(Nc1ccc(-c2cn3ccccc3n2)cc1)c1cccc(Oc2ccc(F)cc2)c1. The minimum atomic E-state index is -0.335. The van der Waals surface area contributed by atoms with Gasteiger partial charge in [0.25, 0.3) is 5.91 Å². The van der Waals surface area contributed by atoms with Crippen LogP contribution in [-0.4, -0.2) is 15.3 Å². The molecule has 5 rings (SSSR count). The summed E-state index contributed by atoms with van der Waals surface area (Å²) in [5, 5.41) is 2.89. The maximum absolute atomic E-state index is 13.1. The standard InChI is InChI=1S/C26H18FN3O2/c27-20-9-13-22(14-10-20)32-23-5-3-4-19(16-23)26(31)28-21-11-7-18(8-12-21)24-17-30-15-2-1-6-25(30)29-24/h1-17H,(H,28,31). The molecule has 5 nitrogen and oxygen atoms in total. The Kier molecular flexibility index (Phi) is 5.09. The van der Waals surface area contributed by atoms with Crippen LogP contribution in [0.2, 0.25) is 0 Å². The third-order valence-corrected chi connectivity index (χ3v) is 4.95. The molecule has 1 amide bonds. The van der Waals surface area contributed by atoms with Crippen LogP contribution in [-0.2, 0) is 0 Å². The second-order valence-corrected chi connectivity index (χ2v) is 7.21. The summed E-state index contributed by atoms with van der Waals surface area (Å²) in [4.78, 5) is 17.3. The number of imidazole rings is 1. The van der Waals surface area contributed by atoms with E-state index in [2.05, 4.69) is 10.3 Å². The molecule has 3 aromatic carbocycles. The van der Waals surface area contributed by atoms with Crippen LogP contribution in [0.1, 0.15) is 10.4 Å². The van der Waals surface area contributed by atoms with E-state index >= 15 is 0 Å². The number of halogens is 1. The van der Waals surface area contributed by atoms with Gasteiger partial charge in [0.05, 0.1) is 5.69 Å². The van der Waals surface area contributed by atoms with E-state index in [4.69, 9.17) is 4.74 Å². The Morgan fingerprint density at radius 2 is 1.69 bits per heavy atom. The predicted molar refractivity (Wildman–Crippen MR) is 121 cm³/mol. The van der Waals surface area contributed by atoms with Crippen LogP contribution in [0.3, 0.4) is 0 Å². The van der Waals surface area contributed by atoms with E-state index in [1.165, 1.54) is 24.3 Å². The van der Waals surface area contributed by atoms with Crippen LogP contribution in [0.5, 0.6) is 11.5 Å². The largest absolute Gasteiger partial charge is 0.457 e. The van der Waals surface area contributed by atoms with E-state index in [0.717, 1.165) is 16.9 Å². The average Bonchev–Trinajstić information content (AvgIpc) is 3.26. The normalized spacial score (nSPS) is 10.8. The lowest BCUT2D eigenvalue weighted by Crippen LogP contribution is -2.11. The molecule has 0 aliphatic heterocycles. The second-order valence-electron chi connectivity index (χ2n) is 7.21. The summed E-state index contributed by atoms with van der Waals surface area (Å²) in [6, 6.07) is 25.9. The summed E-state index contributed by atoms with van der Waals surface area (Å²) in [5.41, 5.74) is 3.82. The highest BCUT2D eigenvalue weighted by atomic mass is 19.1. The fourth-order valence-corrected chi connectivity index (χ4v) is 3.34. The molecule has 2 aromatic heterocycles. The summed E-state index contributed by atoms with van der Waals surface area (Å²) < 4.78 is 20.7. The number of nitrogens with zero attached hydrogens (tertiary/aromatic N) is 2. The number of pyridine rings is 1. The van der Waals surface area contributed by atoms with Gasteiger partial charge in [-0.15, -0.1) is 0 Å². The van der Waals surface area contributed by atoms with Gasteiger partial charge >= 0.3 is 0 Å². The molecule has 32 heavy (non-hydrogen) atoms. The molecule has 0 aliphatic carbocycles. The van der Waals surface area contributed by atoms with E-state index in [1.807, 2.05) is 59.3 Å². The van der Waals surface area contributed by atoms with Gasteiger partial charge in [0.2, 0.25) is 0 Å². The van der Waals surface area contributed by atoms with Crippen LogP contribution in [0.25, 0.3) is 16.9 Å². The van der Waals surface area contributed by atoms with Crippen LogP contribution >= 0.6 is 0 Å². The van der Waals surface area contributed by atoms with Crippen molar-refractivity contribution in [2.75, 3.05) is 5.32 Å². The van der Waals surface area contributed by atoms with Crippen molar-refractivity contribution in [2.24, 2.45) is 0 Å². The number of carbonyl (C=O) groups is 1. The molecular weight excluding hydrogens is 405 g/mol. The quantitative estimate of drug-likeness (QED) is 0.367. The molecule has 2 heterocycles. The maximum atomic E-state index is 13.1. The molecule has 0 radical (unpaired) electrons. The number of benzene rings is 3. The third-order valence-electron chi connectivity index (χ3n) is 4.95. The van der Waals surface area contributed by atoms with Gasteiger partial charge in [0.1, 0.15) is 23.0 Å². The first-order valence-corrected chi connectivity index (χ1v) is 10.0. The van der Waals surface area contributed by atoms with Crippen LogP contribution in [0, 0.1) is 5.82 Å². The Morgan fingerprint density at radius 1 is 0.875 bits per heavy atom. The summed E-state index contributed by atoms with van der Waals surface area (Å²) in [6.45, 7) is 0. The molecule has 156 valence electrons. The summed E-state index contributed by atoms with van der Waals surface area (Å²) in [7, 11) is 0. The summed E-state index contributed by atoms with van der Waals surface area (Å²) in [5.74, 6) is 0.394. The van der Waals surface area contributed by atoms with Gasteiger partial charge in [-0.1, -0.05) is 24.3 Å². The van der Waals surface area contributed by atoms with E-state index in [0.29, 0.717) is 22.7 Å². The van der Waals surface area contributed by atoms with Gasteiger partial charge < -0.3 is 14.5 Å². The van der Waals surface area contributed by atoms with Gasteiger partial charge in [-0.25, -0.2) is 9.37 Å². The minimum absolute atomic E-state index is 0.255. The number of aromatic nitrogens is 2. The molecule has 5 aromatic rings. The van der Waals surface area contributed by atoms with E-state index in [9.17, 15) is 9.18 Å². The molecule has 0 fully saturated rings. The van der Waals surface area contributed by atoms with Crippen molar-refractivity contribution in [1.82, 2.24) is 9.38 Å². The molecule has 0 spiro atoms. The van der Waals surface area contributed by atoms with Gasteiger partial charge in [0.15, 0.2) is 0 Å². The van der Waals surface area contributed by atoms with Crippen molar-refractivity contribution in [1.29, 1.82) is 0 Å². The Labute approximate surface area is 183 Å². The smallest absolute Gasteiger partial charge is 0.255 e. The van der Waals surface area contributed by atoms with Crippen molar-refractivity contribution < 1.29 is 13.9 Å². The third kappa shape index (κ3) is 4.20. The first-order chi connectivity index (χ1) is 15.6. The topological polar surface area (TPSA) is 55.6 Å². The van der Waals surface area contributed by atoms with Crippen molar-refractivity contribution in [3.05, 3.63) is 115 Å². The van der Waals surface area contributed by atoms with Crippen molar-refractivity contribution in [3.8, 4) is 22.8 Å². The van der Waals surface area contributed by atoms with E-state index < -0.39 is 0 Å². The molecule has 0 atom stereocenters. The lowest BCUT2D eigenvalue weighted by molar-refractivity contribution is 0.102. The number of anilines is 1. The minimum Gasteiger partial charge on any atom is -0.457 e. The molecule has 6 heteroatoms. The monoisotopic (exact) mass is 423 g/mol. The van der Waals surface area contributed by atoms with Crippen molar-refractivity contribution >= 4 is 17.2 Å². The van der Waals surface area contributed by atoms with Gasteiger partial charge in [-0.2, -0.15) is 0 Å². The number of rotatable bonds is 5. The van der Waals surface area contributed by atoms with Crippen molar-refractivity contribution in [2.45, 2.75) is 0 Å². The molecule has 1 N–H and O–H groups in total. The number of amides is 1. The fourth-order valence-electron chi connectivity index (χ4n) is 3.34. The zero-order valence-electron chi connectivity index (χ0n) is 16.9. The fraction of sp³-hybridized carbons (Fsp3) is 0. The number of hydrogen-bond donors (Lipinski definition) is 1. The van der Waals surface area contributed by atoms with E-state index in [-0.39, 0.29) is 11.7 Å². The maximum Gasteiger partial charge on any atom is 0.255 e. The zero-order chi connectivity index (χ0) is 21.9. The molecular formula is C26H18FN3O2. The first-order valence-electron chi connectivity index (χ1n) is 10.0. The Bertz CT molecular complexity index is 1360. The first kappa shape index (κ1) is 19.5. The van der Waals surface area contributed by atoms with Gasteiger partial charge in [-0.3, -0.25) is 4.79 Å². The highest BCUT2D eigenvalue weighted by molar-refractivity contribution is 6.04. The van der Waals surface area contributed by atoms with E-state index in [1.54, 1.807) is 24.3 Å². The molecule has 0 saturated heterocycles. The molecule has 0 aliphatic rings. The Balaban J connectivity index is 1.29. The lowest BCUT2D eigenvalue weighted by atomic mass is 10.1. The highest BCUT2D eigenvalue weighted by Gasteiger charge is 2.09. The molecule has 0 saturated carbocycles. The zero-order valence-corrected chi connectivity index (χ0v) is 16.9. The highest BCUT2D eigenvalue weighted by Crippen LogP contribution is 2.24. The number of ether oxygens (including phenoxy) is 1. The molecule has 0 bridgehead atoms. The summed E-state index contributed by atoms with van der Waals surface area (Å²) in [6.07, 6.45) is 3.92. The van der Waals surface area contributed by atoms with Gasteiger partial charge in [-0.05, 0) is 66.7 Å². The second kappa shape index (κ2) is 8.35. The lowest BCUT2D eigenvalue weighted by Gasteiger charge is -2.09. The van der Waals surface area contributed by atoms with Crippen LogP contribution in [0.4, 0.5) is 10.1 Å². The van der Waals surface area contributed by atoms with Crippen molar-refractivity contribution in [3.63, 3.8) is 0 Å². The number of fused-ring (bicyclic) bond motifs is 1. The Morgan fingerprint density at radius 3 is 2.47 bits per heavy atom. The number of nitrogens with one attached hydrogen (secondary N) is 1.